The molecular formula is C34H67NO4. The average Bonchev–Trinajstić information content (AvgIpc) is 2.92. The Morgan fingerprint density at radius 3 is 1.49 bits per heavy atom. The molecule has 0 aliphatic heterocycles. The van der Waals surface area contributed by atoms with Gasteiger partial charge in [-0.15, -0.1) is 0 Å². The van der Waals surface area contributed by atoms with E-state index in [0.29, 0.717) is 6.42 Å². The minimum absolute atomic E-state index is 0.0175. The van der Waals surface area contributed by atoms with Gasteiger partial charge in [0.05, 0.1) is 31.3 Å². The molecule has 232 valence electrons. The molecule has 0 aromatic carbocycles. The smallest absolute Gasteiger partial charge is 0.222 e. The first kappa shape index (κ1) is 38.1. The number of nitrogens with one attached hydrogen (secondary N) is 1. The van der Waals surface area contributed by atoms with E-state index in [1.54, 1.807) is 6.08 Å². The molecule has 0 saturated carbocycles. The van der Waals surface area contributed by atoms with E-state index in [4.69, 9.17) is 0 Å². The highest BCUT2D eigenvalue weighted by molar-refractivity contribution is 5.76. The number of rotatable bonds is 30. The highest BCUT2D eigenvalue weighted by Gasteiger charge is 2.20. The van der Waals surface area contributed by atoms with Crippen LogP contribution in [0.5, 0.6) is 0 Å². The van der Waals surface area contributed by atoms with Crippen LogP contribution in [0.15, 0.2) is 12.2 Å². The van der Waals surface area contributed by atoms with Gasteiger partial charge in [-0.2, -0.15) is 0 Å². The summed E-state index contributed by atoms with van der Waals surface area (Å²) in [5.74, 6) is -0.317. The molecular weight excluding hydrogens is 486 g/mol. The number of amides is 1. The fourth-order valence-electron chi connectivity index (χ4n) is 5.16. The Hall–Kier alpha value is -0.910. The highest BCUT2D eigenvalue weighted by Crippen LogP contribution is 2.14. The molecule has 0 saturated heterocycles. The molecule has 0 aromatic rings. The molecule has 5 nitrogen and oxygen atoms in total. The maximum atomic E-state index is 12.3. The summed E-state index contributed by atoms with van der Waals surface area (Å²) >= 11 is 0. The topological polar surface area (TPSA) is 89.8 Å². The van der Waals surface area contributed by atoms with Gasteiger partial charge in [-0.3, -0.25) is 4.79 Å². The predicted octanol–water partition coefficient (Wildman–Crippen LogP) is 8.53. The van der Waals surface area contributed by atoms with E-state index >= 15 is 0 Å². The van der Waals surface area contributed by atoms with Crippen LogP contribution in [0.3, 0.4) is 0 Å². The molecule has 0 bridgehead atoms. The quantitative estimate of drug-likeness (QED) is 0.0530. The lowest BCUT2D eigenvalue weighted by Gasteiger charge is -2.21. The third kappa shape index (κ3) is 27.0. The Kier molecular flexibility index (Phi) is 29.4. The zero-order valence-corrected chi connectivity index (χ0v) is 26.0. The number of carbonyl (C=O) groups excluding carboxylic acids is 1. The maximum absolute atomic E-state index is 12.3. The van der Waals surface area contributed by atoms with Crippen LogP contribution < -0.4 is 5.32 Å². The number of hydrogen-bond acceptors (Lipinski definition) is 4. The van der Waals surface area contributed by atoms with Crippen molar-refractivity contribution in [3.63, 3.8) is 0 Å². The van der Waals surface area contributed by atoms with Gasteiger partial charge in [0, 0.05) is 0 Å². The van der Waals surface area contributed by atoms with Crippen molar-refractivity contribution in [1.29, 1.82) is 0 Å². The van der Waals surface area contributed by atoms with Crippen molar-refractivity contribution < 1.29 is 20.1 Å². The van der Waals surface area contributed by atoms with Crippen LogP contribution in [0.25, 0.3) is 0 Å². The van der Waals surface area contributed by atoms with Crippen molar-refractivity contribution in [3.05, 3.63) is 12.2 Å². The summed E-state index contributed by atoms with van der Waals surface area (Å²) < 4.78 is 0. The van der Waals surface area contributed by atoms with Crippen molar-refractivity contribution in [2.75, 3.05) is 6.61 Å². The summed E-state index contributed by atoms with van der Waals surface area (Å²) in [5, 5.41) is 32.9. The number of carbonyl (C=O) groups is 1. The standard InChI is InChI=1S/C34H67NO4/c1-3-5-7-9-11-13-15-16-18-19-21-23-25-27-31(37)29-34(39)35-32(30-36)33(38)28-26-24-22-20-17-14-12-10-8-6-4-2/h26,28,31-33,36-38H,3-25,27,29-30H2,1-2H3,(H,35,39)/b28-26+. The third-order valence-corrected chi connectivity index (χ3v) is 7.82. The number of aliphatic hydroxyl groups is 3. The van der Waals surface area contributed by atoms with Crippen molar-refractivity contribution in [2.45, 2.75) is 193 Å². The lowest BCUT2D eigenvalue weighted by atomic mass is 10.0. The SMILES string of the molecule is CCCCCCCCCCC/C=C/C(O)C(CO)NC(=O)CC(O)CCCCCCCCCCCCCCC. The molecule has 3 atom stereocenters. The van der Waals surface area contributed by atoms with Crippen LogP contribution in [0.1, 0.15) is 174 Å². The summed E-state index contributed by atoms with van der Waals surface area (Å²) in [6.45, 7) is 4.18. The van der Waals surface area contributed by atoms with Gasteiger partial charge < -0.3 is 20.6 Å². The van der Waals surface area contributed by atoms with Gasteiger partial charge >= 0.3 is 0 Å². The lowest BCUT2D eigenvalue weighted by molar-refractivity contribution is -0.124. The number of aliphatic hydroxyl groups excluding tert-OH is 3. The van der Waals surface area contributed by atoms with Crippen LogP contribution in [-0.4, -0.2) is 46.1 Å². The average molecular weight is 554 g/mol. The molecule has 0 spiro atoms. The van der Waals surface area contributed by atoms with Crippen molar-refractivity contribution in [2.24, 2.45) is 0 Å². The Morgan fingerprint density at radius 1 is 0.641 bits per heavy atom. The van der Waals surface area contributed by atoms with Gasteiger partial charge in [0.1, 0.15) is 0 Å². The van der Waals surface area contributed by atoms with E-state index in [1.807, 2.05) is 6.08 Å². The number of unbranched alkanes of at least 4 members (excludes halogenated alkanes) is 21. The van der Waals surface area contributed by atoms with Crippen LogP contribution in [0.2, 0.25) is 0 Å². The summed E-state index contributed by atoms with van der Waals surface area (Å²) in [6, 6.07) is -0.736. The number of hydrogen-bond donors (Lipinski definition) is 4. The normalized spacial score (nSPS) is 14.1. The Morgan fingerprint density at radius 2 is 1.05 bits per heavy atom. The Labute approximate surface area is 242 Å². The molecule has 0 aliphatic carbocycles. The molecule has 0 radical (unpaired) electrons. The molecule has 0 fully saturated rings. The molecule has 0 rings (SSSR count). The molecule has 0 aromatic heterocycles. The summed E-state index contributed by atoms with van der Waals surface area (Å²) in [6.07, 6.45) is 31.8. The first-order valence-corrected chi connectivity index (χ1v) is 17.0. The van der Waals surface area contributed by atoms with Gasteiger partial charge in [0.25, 0.3) is 0 Å². The predicted molar refractivity (Wildman–Crippen MR) is 167 cm³/mol. The molecule has 1 amide bonds. The van der Waals surface area contributed by atoms with E-state index in [9.17, 15) is 20.1 Å². The maximum Gasteiger partial charge on any atom is 0.222 e. The molecule has 5 heteroatoms. The molecule has 39 heavy (non-hydrogen) atoms. The first-order chi connectivity index (χ1) is 19.0. The number of allylic oxidation sites excluding steroid dienone is 1. The van der Waals surface area contributed by atoms with Crippen LogP contribution in [0, 0.1) is 0 Å². The fraction of sp³-hybridized carbons (Fsp3) is 0.912. The Bertz CT molecular complexity index is 539. The summed E-state index contributed by atoms with van der Waals surface area (Å²) in [7, 11) is 0. The van der Waals surface area contributed by atoms with E-state index in [-0.39, 0.29) is 18.9 Å². The van der Waals surface area contributed by atoms with Gasteiger partial charge in [-0.1, -0.05) is 161 Å². The second-order valence-corrected chi connectivity index (χ2v) is 11.8. The van der Waals surface area contributed by atoms with E-state index in [0.717, 1.165) is 25.7 Å². The Balaban J connectivity index is 3.75. The van der Waals surface area contributed by atoms with Crippen LogP contribution in [0.4, 0.5) is 0 Å². The molecule has 3 unspecified atom stereocenters. The first-order valence-electron chi connectivity index (χ1n) is 17.0. The van der Waals surface area contributed by atoms with Crippen LogP contribution >= 0.6 is 0 Å². The van der Waals surface area contributed by atoms with Gasteiger partial charge in [0.2, 0.25) is 5.91 Å². The van der Waals surface area contributed by atoms with Gasteiger partial charge in [-0.05, 0) is 19.3 Å². The second kappa shape index (κ2) is 30.1. The molecule has 4 N–H and O–H groups in total. The zero-order valence-electron chi connectivity index (χ0n) is 26.0. The zero-order chi connectivity index (χ0) is 28.8. The highest BCUT2D eigenvalue weighted by atomic mass is 16.3. The monoisotopic (exact) mass is 554 g/mol. The summed E-state index contributed by atoms with van der Waals surface area (Å²) in [4.78, 5) is 12.3. The van der Waals surface area contributed by atoms with Crippen molar-refractivity contribution in [1.82, 2.24) is 5.32 Å². The minimum atomic E-state index is -0.921. The second-order valence-electron chi connectivity index (χ2n) is 11.8. The summed E-state index contributed by atoms with van der Waals surface area (Å²) in [5.41, 5.74) is 0. The molecule has 0 heterocycles. The molecule has 0 aliphatic rings. The van der Waals surface area contributed by atoms with Crippen molar-refractivity contribution >= 4 is 5.91 Å². The van der Waals surface area contributed by atoms with E-state index < -0.39 is 18.2 Å². The van der Waals surface area contributed by atoms with E-state index in [2.05, 4.69) is 19.2 Å². The fourth-order valence-corrected chi connectivity index (χ4v) is 5.16. The van der Waals surface area contributed by atoms with E-state index in [1.165, 1.54) is 122 Å². The van der Waals surface area contributed by atoms with Crippen molar-refractivity contribution in [3.8, 4) is 0 Å². The minimum Gasteiger partial charge on any atom is -0.394 e. The van der Waals surface area contributed by atoms with Gasteiger partial charge in [0.15, 0.2) is 0 Å². The largest absolute Gasteiger partial charge is 0.394 e. The lowest BCUT2D eigenvalue weighted by Crippen LogP contribution is -2.45. The van der Waals surface area contributed by atoms with Gasteiger partial charge in [-0.25, -0.2) is 0 Å². The van der Waals surface area contributed by atoms with Crippen LogP contribution in [-0.2, 0) is 4.79 Å². The third-order valence-electron chi connectivity index (χ3n) is 7.82.